The van der Waals surface area contributed by atoms with Crippen molar-refractivity contribution in [2.24, 2.45) is 22.4 Å². The Hall–Kier alpha value is -3.80. The van der Waals surface area contributed by atoms with Crippen LogP contribution in [-0.4, -0.2) is 81.5 Å². The van der Waals surface area contributed by atoms with E-state index in [1.54, 1.807) is 21.4 Å². The van der Waals surface area contributed by atoms with Crippen molar-refractivity contribution in [2.45, 2.75) is 82.0 Å². The molecule has 3 amide bonds. The monoisotopic (exact) mass is 593 g/mol. The van der Waals surface area contributed by atoms with Crippen molar-refractivity contribution in [3.05, 3.63) is 52.5 Å². The van der Waals surface area contributed by atoms with Gasteiger partial charge in [-0.15, -0.1) is 11.3 Å². The van der Waals surface area contributed by atoms with E-state index in [0.29, 0.717) is 43.7 Å². The van der Waals surface area contributed by atoms with Crippen LogP contribution in [0.5, 0.6) is 0 Å². The maximum Gasteiger partial charge on any atom is 0.243 e. The highest BCUT2D eigenvalue weighted by atomic mass is 32.1. The van der Waals surface area contributed by atoms with Gasteiger partial charge in [-0.2, -0.15) is 0 Å². The molecule has 2 aliphatic heterocycles. The average Bonchev–Trinajstić information content (AvgIpc) is 3.67. The number of aliphatic imine (C=N–C) groups is 1. The fourth-order valence-electron chi connectivity index (χ4n) is 6.55. The molecule has 0 bridgehead atoms. The summed E-state index contributed by atoms with van der Waals surface area (Å²) in [6.07, 6.45) is 7.50. The van der Waals surface area contributed by atoms with Gasteiger partial charge in [0, 0.05) is 24.5 Å². The molecule has 2 aromatic rings. The number of amides is 3. The molecule has 1 aromatic heterocycles. The molecule has 0 radical (unpaired) electrons. The second-order valence-corrected chi connectivity index (χ2v) is 12.4. The van der Waals surface area contributed by atoms with Gasteiger partial charge in [0.15, 0.2) is 11.0 Å². The van der Waals surface area contributed by atoms with Crippen molar-refractivity contribution < 1.29 is 19.2 Å². The molecule has 2 saturated heterocycles. The lowest BCUT2D eigenvalue weighted by molar-refractivity contribution is -0.151. The number of benzene rings is 1. The molecule has 3 heterocycles. The fraction of sp³-hybridized carbons (Fsp3) is 0.533. The van der Waals surface area contributed by atoms with Gasteiger partial charge < -0.3 is 26.6 Å². The molecule has 2 unspecified atom stereocenters. The third kappa shape index (κ3) is 7.15. The molecule has 11 nitrogen and oxygen atoms in total. The van der Waals surface area contributed by atoms with Crippen LogP contribution in [0.2, 0.25) is 0 Å². The quantitative estimate of drug-likeness (QED) is 0.215. The first-order valence-corrected chi connectivity index (χ1v) is 15.6. The number of hydrogen-bond acceptors (Lipinski definition) is 7. The second-order valence-electron chi connectivity index (χ2n) is 11.5. The molecule has 1 aliphatic carbocycles. The number of hydrogen-bond donors (Lipinski definition) is 3. The normalized spacial score (nSPS) is 24.5. The molecular formula is C30H39N7O4S. The molecular weight excluding hydrogens is 554 g/mol. The van der Waals surface area contributed by atoms with Gasteiger partial charge in [-0.05, 0) is 62.8 Å². The Morgan fingerprint density at radius 3 is 2.52 bits per heavy atom. The van der Waals surface area contributed by atoms with Gasteiger partial charge in [-0.1, -0.05) is 30.3 Å². The summed E-state index contributed by atoms with van der Waals surface area (Å²) in [6, 6.07) is 8.29. The van der Waals surface area contributed by atoms with Crippen molar-refractivity contribution in [3.63, 3.8) is 0 Å². The van der Waals surface area contributed by atoms with E-state index < -0.39 is 12.1 Å². The van der Waals surface area contributed by atoms with E-state index >= 15 is 0 Å². The van der Waals surface area contributed by atoms with Gasteiger partial charge >= 0.3 is 0 Å². The second kappa shape index (κ2) is 13.5. The summed E-state index contributed by atoms with van der Waals surface area (Å²) >= 11 is 1.25. The number of aromatic nitrogens is 1. The smallest absolute Gasteiger partial charge is 0.243 e. The van der Waals surface area contributed by atoms with Gasteiger partial charge in [-0.25, -0.2) is 4.98 Å². The number of guanidine groups is 1. The standard InChI is InChI=1S/C30H39N7O4S/c31-30(32)34-21-9-6-20(7-10-21)16-23(27(40)29-33-14-15-42-29)35-28(41)24-12-11-22-17-36(18-26(39)37(22)24)25(38)13-8-19-4-2-1-3-5-19/h1-5,14-15,20-24H,6-13,16-18H2,(H,35,41)(H4,31,32,34)/t20?,21?,22-,23?,24?/m0/s1. The molecule has 5 rings (SSSR count). The third-order valence-electron chi connectivity index (χ3n) is 8.67. The number of nitrogens with zero attached hydrogens (tertiary/aromatic N) is 4. The predicted molar refractivity (Wildman–Crippen MR) is 160 cm³/mol. The van der Waals surface area contributed by atoms with Crippen LogP contribution in [0.4, 0.5) is 0 Å². The molecule has 3 fully saturated rings. The van der Waals surface area contributed by atoms with Crippen LogP contribution in [0.15, 0.2) is 46.9 Å². The highest BCUT2D eigenvalue weighted by Gasteiger charge is 2.46. The van der Waals surface area contributed by atoms with Gasteiger partial charge in [-0.3, -0.25) is 24.2 Å². The van der Waals surface area contributed by atoms with Gasteiger partial charge in [0.25, 0.3) is 0 Å². The summed E-state index contributed by atoms with van der Waals surface area (Å²) in [5, 5.41) is 5.10. The highest BCUT2D eigenvalue weighted by Crippen LogP contribution is 2.32. The number of ketones is 1. The largest absolute Gasteiger partial charge is 0.370 e. The number of rotatable bonds is 10. The third-order valence-corrected chi connectivity index (χ3v) is 9.45. The summed E-state index contributed by atoms with van der Waals surface area (Å²) in [6.45, 7) is 0.387. The molecule has 224 valence electrons. The number of thiazole rings is 1. The molecule has 1 aromatic carbocycles. The van der Waals surface area contributed by atoms with Gasteiger partial charge in [0.1, 0.15) is 6.04 Å². The summed E-state index contributed by atoms with van der Waals surface area (Å²) < 4.78 is 0. The minimum absolute atomic E-state index is 0.0333. The van der Waals surface area contributed by atoms with Crippen molar-refractivity contribution in [2.75, 3.05) is 13.1 Å². The fourth-order valence-corrected chi connectivity index (χ4v) is 7.18. The van der Waals surface area contributed by atoms with Crippen molar-refractivity contribution in [3.8, 4) is 0 Å². The lowest BCUT2D eigenvalue weighted by Gasteiger charge is -2.39. The number of carbonyl (C=O) groups excluding carboxylic acids is 4. The number of nitrogens with two attached hydrogens (primary N) is 2. The molecule has 0 spiro atoms. The number of Topliss-reactive ketones (excluding diaryl/α,β-unsaturated/α-hetero) is 1. The molecule has 3 aliphatic rings. The van der Waals surface area contributed by atoms with Gasteiger partial charge in [0.05, 0.1) is 24.7 Å². The first-order valence-electron chi connectivity index (χ1n) is 14.7. The van der Waals surface area contributed by atoms with E-state index in [4.69, 9.17) is 11.5 Å². The van der Waals surface area contributed by atoms with Crippen LogP contribution < -0.4 is 16.8 Å². The minimum atomic E-state index is -0.733. The van der Waals surface area contributed by atoms with Crippen LogP contribution in [0.1, 0.15) is 66.7 Å². The van der Waals surface area contributed by atoms with E-state index in [2.05, 4.69) is 15.3 Å². The first kappa shape index (κ1) is 29.7. The molecule has 3 atom stereocenters. The zero-order valence-corrected chi connectivity index (χ0v) is 24.5. The van der Waals surface area contributed by atoms with E-state index in [9.17, 15) is 19.2 Å². The Bertz CT molecular complexity index is 1290. The Morgan fingerprint density at radius 1 is 1.07 bits per heavy atom. The van der Waals surface area contributed by atoms with Crippen LogP contribution in [0.3, 0.4) is 0 Å². The zero-order chi connectivity index (χ0) is 29.6. The van der Waals surface area contributed by atoms with Crippen LogP contribution in [0, 0.1) is 5.92 Å². The van der Waals surface area contributed by atoms with E-state index in [1.165, 1.54) is 11.3 Å². The van der Waals surface area contributed by atoms with Gasteiger partial charge in [0.2, 0.25) is 23.5 Å². The van der Waals surface area contributed by atoms with Crippen LogP contribution >= 0.6 is 11.3 Å². The maximum atomic E-state index is 13.6. The number of nitrogens with one attached hydrogen (secondary N) is 1. The summed E-state index contributed by atoms with van der Waals surface area (Å²) in [5.41, 5.74) is 12.2. The topological polar surface area (TPSA) is 164 Å². The average molecular weight is 594 g/mol. The number of piperazine rings is 1. The highest BCUT2D eigenvalue weighted by molar-refractivity contribution is 7.11. The Labute approximate surface area is 249 Å². The Balaban J connectivity index is 1.20. The predicted octanol–water partition coefficient (Wildman–Crippen LogP) is 1.87. The summed E-state index contributed by atoms with van der Waals surface area (Å²) in [5.74, 6) is -0.489. The molecule has 5 N–H and O–H groups in total. The van der Waals surface area contributed by atoms with E-state index in [0.717, 1.165) is 31.2 Å². The molecule has 42 heavy (non-hydrogen) atoms. The number of aryl methyl sites for hydroxylation is 1. The Kier molecular flexibility index (Phi) is 9.51. The van der Waals surface area contributed by atoms with E-state index in [1.807, 2.05) is 30.3 Å². The minimum Gasteiger partial charge on any atom is -0.370 e. The SMILES string of the molecule is NC(N)=NC1CCC(CC(NC(=O)C2CC[C@H]3CN(C(=O)CCc4ccccc4)CC(=O)N23)C(=O)c2nccs2)CC1. The van der Waals surface area contributed by atoms with Crippen LogP contribution in [0.25, 0.3) is 0 Å². The lowest BCUT2D eigenvalue weighted by Crippen LogP contribution is -2.60. The number of fused-ring (bicyclic) bond motifs is 1. The van der Waals surface area contributed by atoms with Crippen LogP contribution in [-0.2, 0) is 20.8 Å². The Morgan fingerprint density at radius 2 is 1.83 bits per heavy atom. The maximum absolute atomic E-state index is 13.6. The van der Waals surface area contributed by atoms with E-state index in [-0.39, 0.29) is 54.0 Å². The summed E-state index contributed by atoms with van der Waals surface area (Å²) in [4.78, 5) is 65.0. The number of carbonyl (C=O) groups is 4. The van der Waals surface area contributed by atoms with Crippen molar-refractivity contribution >= 4 is 40.8 Å². The first-order chi connectivity index (χ1) is 20.3. The molecule has 1 saturated carbocycles. The lowest BCUT2D eigenvalue weighted by atomic mass is 9.82. The summed E-state index contributed by atoms with van der Waals surface area (Å²) in [7, 11) is 0. The van der Waals surface area contributed by atoms with Crippen molar-refractivity contribution in [1.82, 2.24) is 20.1 Å². The molecule has 12 heteroatoms. The zero-order valence-electron chi connectivity index (χ0n) is 23.7. The van der Waals surface area contributed by atoms with Crippen molar-refractivity contribution in [1.29, 1.82) is 0 Å².